The van der Waals surface area contributed by atoms with Crippen LogP contribution in [0.1, 0.15) is 24.2 Å². The lowest BCUT2D eigenvalue weighted by molar-refractivity contribution is 0.199. The number of aryl methyl sites for hydroxylation is 1. The molecule has 0 heterocycles. The van der Waals surface area contributed by atoms with Crippen LogP contribution in [-0.4, -0.2) is 27.7 Å². The number of rotatable bonds is 6. The largest absolute Gasteiger partial charge is 0.493 e. The lowest BCUT2D eigenvalue weighted by Crippen LogP contribution is -2.15. The maximum Gasteiger partial charge on any atom is 0.261 e. The third-order valence-corrected chi connectivity index (χ3v) is 4.96. The van der Waals surface area contributed by atoms with Crippen molar-refractivity contribution in [3.8, 4) is 11.5 Å². The quantitative estimate of drug-likeness (QED) is 0.836. The monoisotopic (exact) mass is 351 g/mol. The highest BCUT2D eigenvalue weighted by Gasteiger charge is 2.20. The van der Waals surface area contributed by atoms with Crippen LogP contribution in [0, 0.1) is 6.92 Å². The van der Waals surface area contributed by atoms with Crippen LogP contribution in [0.15, 0.2) is 41.3 Å². The third-order valence-electron chi connectivity index (χ3n) is 3.58. The fourth-order valence-electron chi connectivity index (χ4n) is 2.25. The molecule has 6 nitrogen and oxygen atoms in total. The number of benzene rings is 2. The van der Waals surface area contributed by atoms with E-state index in [0.717, 1.165) is 5.56 Å². The van der Waals surface area contributed by atoms with Gasteiger partial charge < -0.3 is 14.6 Å². The van der Waals surface area contributed by atoms with Gasteiger partial charge in [-0.3, -0.25) is 4.72 Å². The van der Waals surface area contributed by atoms with Crippen LogP contribution in [0.25, 0.3) is 0 Å². The van der Waals surface area contributed by atoms with Crippen molar-refractivity contribution in [2.45, 2.75) is 24.8 Å². The van der Waals surface area contributed by atoms with Crippen molar-refractivity contribution in [1.29, 1.82) is 0 Å². The molecule has 0 unspecified atom stereocenters. The van der Waals surface area contributed by atoms with Gasteiger partial charge in [-0.2, -0.15) is 0 Å². The van der Waals surface area contributed by atoms with Crippen LogP contribution in [-0.2, 0) is 10.0 Å². The molecule has 0 spiro atoms. The van der Waals surface area contributed by atoms with Crippen molar-refractivity contribution in [3.63, 3.8) is 0 Å². The lowest BCUT2D eigenvalue weighted by atomic mass is 10.1. The van der Waals surface area contributed by atoms with Crippen molar-refractivity contribution in [2.24, 2.45) is 0 Å². The van der Waals surface area contributed by atoms with E-state index in [0.29, 0.717) is 17.1 Å². The minimum absolute atomic E-state index is 0.138. The zero-order chi connectivity index (χ0) is 17.9. The number of methoxy groups -OCH3 is 2. The molecule has 0 radical (unpaired) electrons. The Kier molecular flexibility index (Phi) is 5.36. The molecule has 7 heteroatoms. The highest BCUT2D eigenvalue weighted by molar-refractivity contribution is 7.92. The van der Waals surface area contributed by atoms with Crippen LogP contribution in [0.2, 0.25) is 0 Å². The van der Waals surface area contributed by atoms with Gasteiger partial charge in [-0.05, 0) is 32.0 Å². The second kappa shape index (κ2) is 7.11. The molecule has 0 fully saturated rings. The first-order valence-corrected chi connectivity index (χ1v) is 8.80. The van der Waals surface area contributed by atoms with E-state index in [-0.39, 0.29) is 10.6 Å². The van der Waals surface area contributed by atoms with Crippen LogP contribution < -0.4 is 14.2 Å². The predicted molar refractivity (Wildman–Crippen MR) is 92.2 cm³/mol. The standard InChI is InChI=1S/C17H21NO5S/c1-11-5-7-13(8-6-11)24(20,21)18-15-10-17(23-4)16(22-3)9-14(15)12(2)19/h5-10,12,18-19H,1-4H3/t12-/m1/s1. The molecule has 0 aliphatic carbocycles. The van der Waals surface area contributed by atoms with E-state index in [9.17, 15) is 13.5 Å². The summed E-state index contributed by atoms with van der Waals surface area (Å²) < 4.78 is 38.1. The molecule has 0 aliphatic rings. The molecule has 2 rings (SSSR count). The Balaban J connectivity index is 2.49. The number of anilines is 1. The lowest BCUT2D eigenvalue weighted by Gasteiger charge is -2.18. The van der Waals surface area contributed by atoms with E-state index in [2.05, 4.69) is 4.72 Å². The predicted octanol–water partition coefficient (Wildman–Crippen LogP) is 2.87. The average molecular weight is 351 g/mol. The van der Waals surface area contributed by atoms with Gasteiger partial charge in [0.25, 0.3) is 10.0 Å². The third kappa shape index (κ3) is 3.80. The molecule has 0 amide bonds. The Hall–Kier alpha value is -2.25. The molecule has 0 saturated heterocycles. The maximum atomic E-state index is 12.6. The van der Waals surface area contributed by atoms with E-state index >= 15 is 0 Å². The minimum Gasteiger partial charge on any atom is -0.493 e. The zero-order valence-electron chi connectivity index (χ0n) is 14.0. The van der Waals surface area contributed by atoms with E-state index in [1.165, 1.54) is 32.4 Å². The first-order valence-electron chi connectivity index (χ1n) is 7.32. The molecular formula is C17H21NO5S. The fourth-order valence-corrected chi connectivity index (χ4v) is 3.33. The van der Waals surface area contributed by atoms with Gasteiger partial charge in [-0.25, -0.2) is 8.42 Å². The number of hydrogen-bond acceptors (Lipinski definition) is 5. The summed E-state index contributed by atoms with van der Waals surface area (Å²) in [5, 5.41) is 9.96. The van der Waals surface area contributed by atoms with Crippen LogP contribution in [0.4, 0.5) is 5.69 Å². The van der Waals surface area contributed by atoms with E-state index in [1.807, 2.05) is 6.92 Å². The summed E-state index contributed by atoms with van der Waals surface area (Å²) in [5.74, 6) is 0.773. The Morgan fingerprint density at radius 1 is 1.04 bits per heavy atom. The SMILES string of the molecule is COc1cc(NS(=O)(=O)c2ccc(C)cc2)c([C@@H](C)O)cc1OC. The normalized spacial score (nSPS) is 12.5. The van der Waals surface area contributed by atoms with Gasteiger partial charge in [0.2, 0.25) is 0 Å². The summed E-state index contributed by atoms with van der Waals surface area (Å²) in [5.41, 5.74) is 1.59. The molecule has 0 aliphatic heterocycles. The van der Waals surface area contributed by atoms with Gasteiger partial charge in [0.05, 0.1) is 30.9 Å². The molecule has 2 aromatic carbocycles. The van der Waals surface area contributed by atoms with E-state index < -0.39 is 16.1 Å². The Labute approximate surface area is 142 Å². The minimum atomic E-state index is -3.79. The Bertz CT molecular complexity index is 814. The van der Waals surface area contributed by atoms with Crippen molar-refractivity contribution in [2.75, 3.05) is 18.9 Å². The summed E-state index contributed by atoms with van der Waals surface area (Å²) in [6.45, 7) is 3.43. The highest BCUT2D eigenvalue weighted by atomic mass is 32.2. The molecule has 2 aromatic rings. The van der Waals surface area contributed by atoms with Crippen molar-refractivity contribution < 1.29 is 23.0 Å². The number of aliphatic hydroxyl groups is 1. The van der Waals surface area contributed by atoms with Crippen LogP contribution in [0.5, 0.6) is 11.5 Å². The maximum absolute atomic E-state index is 12.6. The first kappa shape index (κ1) is 18.1. The molecule has 2 N–H and O–H groups in total. The number of sulfonamides is 1. The topological polar surface area (TPSA) is 84.9 Å². The van der Waals surface area contributed by atoms with Crippen LogP contribution >= 0.6 is 0 Å². The summed E-state index contributed by atoms with van der Waals surface area (Å²) in [6, 6.07) is 9.54. The number of aliphatic hydroxyl groups excluding tert-OH is 1. The van der Waals surface area contributed by atoms with Crippen molar-refractivity contribution >= 4 is 15.7 Å². The molecule has 0 aromatic heterocycles. The summed E-state index contributed by atoms with van der Waals surface area (Å²) in [6.07, 6.45) is -0.888. The van der Waals surface area contributed by atoms with E-state index in [4.69, 9.17) is 9.47 Å². The second-order valence-corrected chi connectivity index (χ2v) is 7.07. The van der Waals surface area contributed by atoms with E-state index in [1.54, 1.807) is 25.1 Å². The Morgan fingerprint density at radius 2 is 1.58 bits per heavy atom. The molecule has 0 saturated carbocycles. The molecule has 130 valence electrons. The van der Waals surface area contributed by atoms with Gasteiger partial charge in [0.1, 0.15) is 0 Å². The average Bonchev–Trinajstić information content (AvgIpc) is 2.54. The van der Waals surface area contributed by atoms with Gasteiger partial charge in [0, 0.05) is 11.6 Å². The zero-order valence-corrected chi connectivity index (χ0v) is 14.8. The summed E-state index contributed by atoms with van der Waals surface area (Å²) in [4.78, 5) is 0.138. The van der Waals surface area contributed by atoms with Gasteiger partial charge >= 0.3 is 0 Å². The number of ether oxygens (including phenoxy) is 2. The fraction of sp³-hybridized carbons (Fsp3) is 0.294. The number of nitrogens with one attached hydrogen (secondary N) is 1. The molecule has 0 bridgehead atoms. The molecule has 24 heavy (non-hydrogen) atoms. The highest BCUT2D eigenvalue weighted by Crippen LogP contribution is 2.37. The molecule has 1 atom stereocenters. The second-order valence-electron chi connectivity index (χ2n) is 5.39. The van der Waals surface area contributed by atoms with Gasteiger partial charge in [-0.15, -0.1) is 0 Å². The van der Waals surface area contributed by atoms with Crippen LogP contribution in [0.3, 0.4) is 0 Å². The van der Waals surface area contributed by atoms with Gasteiger partial charge in [-0.1, -0.05) is 17.7 Å². The first-order chi connectivity index (χ1) is 11.3. The van der Waals surface area contributed by atoms with Crippen molar-refractivity contribution in [3.05, 3.63) is 47.5 Å². The number of hydrogen-bond donors (Lipinski definition) is 2. The van der Waals surface area contributed by atoms with Gasteiger partial charge in [0.15, 0.2) is 11.5 Å². The smallest absolute Gasteiger partial charge is 0.261 e. The summed E-state index contributed by atoms with van der Waals surface area (Å²) in [7, 11) is -0.860. The molecular weight excluding hydrogens is 330 g/mol. The Morgan fingerprint density at radius 3 is 2.08 bits per heavy atom. The van der Waals surface area contributed by atoms with Crippen molar-refractivity contribution in [1.82, 2.24) is 0 Å². The summed E-state index contributed by atoms with van der Waals surface area (Å²) >= 11 is 0.